The molecule has 0 aromatic rings. The van der Waals surface area contributed by atoms with Crippen molar-refractivity contribution in [2.45, 2.75) is 0 Å². The number of hydrogen-bond acceptors (Lipinski definition) is 4. The van der Waals surface area contributed by atoms with Crippen molar-refractivity contribution in [1.82, 2.24) is 4.31 Å². The highest BCUT2D eigenvalue weighted by Crippen LogP contribution is 2.18. The van der Waals surface area contributed by atoms with Gasteiger partial charge in [-0.05, 0) is 0 Å². The lowest BCUT2D eigenvalue weighted by Gasteiger charge is -2.36. The molecular formula is C7H13NO5S. The molecule has 1 rings (SSSR count). The van der Waals surface area contributed by atoms with E-state index in [0.29, 0.717) is 19.7 Å². The second-order valence-corrected chi connectivity index (χ2v) is 5.34. The summed E-state index contributed by atoms with van der Waals surface area (Å²) in [6.45, 7) is 0.838. The fraction of sp³-hybridized carbons (Fsp3) is 0.857. The Hall–Kier alpha value is -0.660. The second kappa shape index (κ2) is 4.24. The van der Waals surface area contributed by atoms with Gasteiger partial charge in [-0.15, -0.1) is 0 Å². The Kier molecular flexibility index (Phi) is 3.46. The molecule has 0 amide bonds. The minimum atomic E-state index is -3.08. The molecule has 1 fully saturated rings. The first-order valence-corrected chi connectivity index (χ1v) is 5.99. The molecule has 7 heteroatoms. The average Bonchev–Trinajstić information content (AvgIpc) is 1.90. The van der Waals surface area contributed by atoms with Gasteiger partial charge in [0.1, 0.15) is 6.61 Å². The lowest BCUT2D eigenvalue weighted by atomic mass is 10.1. The largest absolute Gasteiger partial charge is 0.480 e. The number of nitrogens with zero attached hydrogens (tertiary/aromatic N) is 1. The molecule has 6 nitrogen and oxygen atoms in total. The summed E-state index contributed by atoms with van der Waals surface area (Å²) in [7, 11) is -3.08. The summed E-state index contributed by atoms with van der Waals surface area (Å²) in [4.78, 5) is 10.1. The van der Waals surface area contributed by atoms with Gasteiger partial charge in [0.25, 0.3) is 0 Å². The standard InChI is InChI=1S/C7H13NO5S/c1-14(11,12)8-2-6(3-8)4-13-5-7(9)10/h6H,2-5H2,1H3,(H,9,10). The summed E-state index contributed by atoms with van der Waals surface area (Å²) in [6, 6.07) is 0. The topological polar surface area (TPSA) is 83.9 Å². The van der Waals surface area contributed by atoms with E-state index in [2.05, 4.69) is 0 Å². The molecule has 1 heterocycles. The van der Waals surface area contributed by atoms with E-state index in [9.17, 15) is 13.2 Å². The monoisotopic (exact) mass is 223 g/mol. The molecular weight excluding hydrogens is 210 g/mol. The van der Waals surface area contributed by atoms with E-state index in [4.69, 9.17) is 9.84 Å². The number of aliphatic carboxylic acids is 1. The molecule has 0 aliphatic carbocycles. The van der Waals surface area contributed by atoms with E-state index in [0.717, 1.165) is 6.26 Å². The molecule has 0 atom stereocenters. The molecule has 0 radical (unpaired) electrons. The Bertz CT molecular complexity index is 306. The lowest BCUT2D eigenvalue weighted by molar-refractivity contribution is -0.143. The number of carboxylic acid groups (broad SMARTS) is 1. The molecule has 1 aliphatic heterocycles. The predicted octanol–water partition coefficient (Wildman–Crippen LogP) is -1.02. The summed E-state index contributed by atoms with van der Waals surface area (Å²) in [6.07, 6.45) is 1.15. The first kappa shape index (κ1) is 11.4. The number of ether oxygens (including phenoxy) is 1. The highest BCUT2D eigenvalue weighted by atomic mass is 32.2. The summed E-state index contributed by atoms with van der Waals surface area (Å²) >= 11 is 0. The summed E-state index contributed by atoms with van der Waals surface area (Å²) in [5.74, 6) is -0.881. The fourth-order valence-electron chi connectivity index (χ4n) is 1.21. The van der Waals surface area contributed by atoms with Crippen LogP contribution >= 0.6 is 0 Å². The van der Waals surface area contributed by atoms with Crippen LogP contribution in [0.3, 0.4) is 0 Å². The molecule has 1 N–H and O–H groups in total. The van der Waals surface area contributed by atoms with Gasteiger partial charge in [-0.3, -0.25) is 0 Å². The van der Waals surface area contributed by atoms with E-state index >= 15 is 0 Å². The van der Waals surface area contributed by atoms with E-state index in [1.165, 1.54) is 4.31 Å². The zero-order valence-electron chi connectivity index (χ0n) is 7.84. The highest BCUT2D eigenvalue weighted by molar-refractivity contribution is 7.88. The van der Waals surface area contributed by atoms with Gasteiger partial charge in [0.05, 0.1) is 12.9 Å². The van der Waals surface area contributed by atoms with Crippen LogP contribution in [-0.4, -0.2) is 56.4 Å². The van der Waals surface area contributed by atoms with Crippen LogP contribution in [0.5, 0.6) is 0 Å². The molecule has 0 saturated carbocycles. The maximum Gasteiger partial charge on any atom is 0.329 e. The van der Waals surface area contributed by atoms with E-state index in [-0.39, 0.29) is 12.5 Å². The van der Waals surface area contributed by atoms with Crippen LogP contribution in [0.2, 0.25) is 0 Å². The number of carbonyl (C=O) groups is 1. The third-order valence-corrected chi connectivity index (χ3v) is 3.21. The van der Waals surface area contributed by atoms with Gasteiger partial charge in [0.2, 0.25) is 10.0 Å². The smallest absolute Gasteiger partial charge is 0.329 e. The SMILES string of the molecule is CS(=O)(=O)N1CC(COCC(=O)O)C1. The van der Waals surface area contributed by atoms with Crippen LogP contribution in [0.4, 0.5) is 0 Å². The Labute approximate surface area is 82.5 Å². The summed E-state index contributed by atoms with van der Waals surface area (Å²) in [5.41, 5.74) is 0. The normalized spacial score (nSPS) is 19.2. The van der Waals surface area contributed by atoms with E-state index in [1.807, 2.05) is 0 Å². The van der Waals surface area contributed by atoms with Gasteiger partial charge in [-0.25, -0.2) is 17.5 Å². The molecule has 0 aromatic carbocycles. The Morgan fingerprint density at radius 2 is 2.14 bits per heavy atom. The van der Waals surface area contributed by atoms with Gasteiger partial charge in [0, 0.05) is 19.0 Å². The molecule has 14 heavy (non-hydrogen) atoms. The maximum absolute atomic E-state index is 10.9. The Morgan fingerprint density at radius 1 is 1.57 bits per heavy atom. The number of rotatable bonds is 5. The van der Waals surface area contributed by atoms with Gasteiger partial charge in [-0.1, -0.05) is 0 Å². The zero-order valence-corrected chi connectivity index (χ0v) is 8.66. The molecule has 0 unspecified atom stereocenters. The van der Waals surface area contributed by atoms with Crippen molar-refractivity contribution in [1.29, 1.82) is 0 Å². The molecule has 1 aliphatic rings. The van der Waals surface area contributed by atoms with Crippen molar-refractivity contribution < 1.29 is 23.1 Å². The third kappa shape index (κ3) is 3.24. The third-order valence-electron chi connectivity index (χ3n) is 1.97. The minimum Gasteiger partial charge on any atom is -0.480 e. The van der Waals surface area contributed by atoms with Gasteiger partial charge in [0.15, 0.2) is 0 Å². The minimum absolute atomic E-state index is 0.129. The fourth-order valence-corrected chi connectivity index (χ4v) is 2.17. The van der Waals surface area contributed by atoms with Gasteiger partial charge < -0.3 is 9.84 Å². The van der Waals surface area contributed by atoms with Crippen molar-refractivity contribution in [3.05, 3.63) is 0 Å². The maximum atomic E-state index is 10.9. The van der Waals surface area contributed by atoms with E-state index in [1.54, 1.807) is 0 Å². The average molecular weight is 223 g/mol. The van der Waals surface area contributed by atoms with Crippen molar-refractivity contribution in [3.63, 3.8) is 0 Å². The van der Waals surface area contributed by atoms with Crippen molar-refractivity contribution >= 4 is 16.0 Å². The van der Waals surface area contributed by atoms with Crippen LogP contribution in [0, 0.1) is 5.92 Å². The van der Waals surface area contributed by atoms with Crippen LogP contribution in [0.15, 0.2) is 0 Å². The van der Waals surface area contributed by atoms with Crippen LogP contribution in [-0.2, 0) is 19.6 Å². The Balaban J connectivity index is 2.14. The second-order valence-electron chi connectivity index (χ2n) is 3.35. The quantitative estimate of drug-likeness (QED) is 0.645. The summed E-state index contributed by atoms with van der Waals surface area (Å²) in [5, 5.41) is 8.27. The van der Waals surface area contributed by atoms with Crippen molar-refractivity contribution in [2.75, 3.05) is 32.6 Å². The highest BCUT2D eigenvalue weighted by Gasteiger charge is 2.32. The number of hydrogen-bond donors (Lipinski definition) is 1. The lowest BCUT2D eigenvalue weighted by Crippen LogP contribution is -2.51. The first-order chi connectivity index (χ1) is 6.39. The van der Waals surface area contributed by atoms with Crippen molar-refractivity contribution in [3.8, 4) is 0 Å². The predicted molar refractivity (Wildman–Crippen MR) is 48.4 cm³/mol. The van der Waals surface area contributed by atoms with Crippen LogP contribution in [0.1, 0.15) is 0 Å². The number of sulfonamides is 1. The molecule has 82 valence electrons. The van der Waals surface area contributed by atoms with E-state index < -0.39 is 16.0 Å². The van der Waals surface area contributed by atoms with Gasteiger partial charge in [-0.2, -0.15) is 0 Å². The van der Waals surface area contributed by atoms with Gasteiger partial charge >= 0.3 is 5.97 Å². The zero-order chi connectivity index (χ0) is 10.8. The first-order valence-electron chi connectivity index (χ1n) is 4.14. The molecule has 0 bridgehead atoms. The van der Waals surface area contributed by atoms with Crippen LogP contribution in [0.25, 0.3) is 0 Å². The molecule has 0 aromatic heterocycles. The molecule has 1 saturated heterocycles. The number of carboxylic acids is 1. The summed E-state index contributed by atoms with van der Waals surface area (Å²) < 4.78 is 28.0. The van der Waals surface area contributed by atoms with Crippen molar-refractivity contribution in [2.24, 2.45) is 5.92 Å². The Morgan fingerprint density at radius 3 is 2.57 bits per heavy atom. The molecule has 0 spiro atoms. The van der Waals surface area contributed by atoms with Crippen LogP contribution < -0.4 is 0 Å².